The second-order valence-corrected chi connectivity index (χ2v) is 6.54. The van der Waals surface area contributed by atoms with Crippen molar-refractivity contribution in [3.63, 3.8) is 0 Å². The molecule has 1 heterocycles. The summed E-state index contributed by atoms with van der Waals surface area (Å²) in [6.07, 6.45) is 2.76. The van der Waals surface area contributed by atoms with E-state index >= 15 is 0 Å². The first-order valence-corrected chi connectivity index (χ1v) is 8.59. The number of amides is 1. The predicted octanol–water partition coefficient (Wildman–Crippen LogP) is 3.94. The standard InChI is InChI=1S/C19H15FN2O3S/c1-12-6-7-13(10-14(12)20)21-17(23)11-25-19(24)9-8-18-22-15-4-2-3-5-16(15)26-18/h2-10H,11H2,1H3,(H,21,23)/b9-8+. The van der Waals surface area contributed by atoms with Crippen molar-refractivity contribution in [2.24, 2.45) is 0 Å². The molecule has 0 aliphatic carbocycles. The molecule has 5 nitrogen and oxygen atoms in total. The van der Waals surface area contributed by atoms with Gasteiger partial charge in [-0.1, -0.05) is 18.2 Å². The molecule has 0 atom stereocenters. The highest BCUT2D eigenvalue weighted by Gasteiger charge is 2.08. The number of hydrogen-bond donors (Lipinski definition) is 1. The maximum Gasteiger partial charge on any atom is 0.331 e. The minimum atomic E-state index is -0.658. The first-order valence-electron chi connectivity index (χ1n) is 7.78. The van der Waals surface area contributed by atoms with Gasteiger partial charge in [-0.05, 0) is 42.8 Å². The van der Waals surface area contributed by atoms with E-state index in [1.807, 2.05) is 24.3 Å². The van der Waals surface area contributed by atoms with E-state index in [4.69, 9.17) is 4.74 Å². The summed E-state index contributed by atoms with van der Waals surface area (Å²) in [5.74, 6) is -1.62. The molecule has 1 aromatic heterocycles. The number of carbonyl (C=O) groups is 2. The molecule has 0 saturated heterocycles. The molecule has 132 valence electrons. The Hall–Kier alpha value is -3.06. The number of aryl methyl sites for hydroxylation is 1. The quantitative estimate of drug-likeness (QED) is 0.546. The molecule has 0 unspecified atom stereocenters. The lowest BCUT2D eigenvalue weighted by Crippen LogP contribution is -2.20. The zero-order valence-corrected chi connectivity index (χ0v) is 14.7. The van der Waals surface area contributed by atoms with E-state index in [2.05, 4.69) is 10.3 Å². The molecule has 0 saturated carbocycles. The van der Waals surface area contributed by atoms with Crippen LogP contribution in [0.5, 0.6) is 0 Å². The molecule has 3 aromatic rings. The van der Waals surface area contributed by atoms with Crippen LogP contribution in [-0.4, -0.2) is 23.5 Å². The number of fused-ring (bicyclic) bond motifs is 1. The van der Waals surface area contributed by atoms with E-state index in [9.17, 15) is 14.0 Å². The molecule has 0 bridgehead atoms. The average molecular weight is 370 g/mol. The van der Waals surface area contributed by atoms with Crippen molar-refractivity contribution in [1.82, 2.24) is 4.98 Å². The largest absolute Gasteiger partial charge is 0.452 e. The van der Waals surface area contributed by atoms with E-state index in [0.717, 1.165) is 10.2 Å². The van der Waals surface area contributed by atoms with Crippen LogP contribution >= 0.6 is 11.3 Å². The number of thiazole rings is 1. The van der Waals surface area contributed by atoms with E-state index in [1.54, 1.807) is 25.1 Å². The third-order valence-corrected chi connectivity index (χ3v) is 4.48. The van der Waals surface area contributed by atoms with Crippen molar-refractivity contribution in [3.05, 3.63) is 64.9 Å². The number of ether oxygens (including phenoxy) is 1. The molecule has 0 aliphatic rings. The van der Waals surface area contributed by atoms with Gasteiger partial charge in [-0.15, -0.1) is 11.3 Å². The van der Waals surface area contributed by atoms with Gasteiger partial charge < -0.3 is 10.1 Å². The van der Waals surface area contributed by atoms with E-state index in [0.29, 0.717) is 16.3 Å². The van der Waals surface area contributed by atoms with Crippen LogP contribution < -0.4 is 5.32 Å². The van der Waals surface area contributed by atoms with Gasteiger partial charge in [-0.2, -0.15) is 0 Å². The van der Waals surface area contributed by atoms with Crippen LogP contribution in [-0.2, 0) is 14.3 Å². The summed E-state index contributed by atoms with van der Waals surface area (Å²) in [5.41, 5.74) is 1.64. The minimum Gasteiger partial charge on any atom is -0.452 e. The molecule has 2 aromatic carbocycles. The number of carbonyl (C=O) groups excluding carboxylic acids is 2. The number of nitrogens with zero attached hydrogens (tertiary/aromatic N) is 1. The number of hydrogen-bond acceptors (Lipinski definition) is 5. The molecule has 0 spiro atoms. The summed E-state index contributed by atoms with van der Waals surface area (Å²) < 4.78 is 19.3. The SMILES string of the molecule is Cc1ccc(NC(=O)COC(=O)/C=C/c2nc3ccccc3s2)cc1F. The summed E-state index contributed by atoms with van der Waals surface area (Å²) in [6.45, 7) is 1.17. The number of anilines is 1. The molecule has 0 aliphatic heterocycles. The maximum atomic E-state index is 13.4. The second kappa shape index (κ2) is 7.88. The van der Waals surface area contributed by atoms with Crippen LogP contribution in [0, 0.1) is 12.7 Å². The molecule has 1 amide bonds. The number of halogens is 1. The van der Waals surface area contributed by atoms with E-state index < -0.39 is 24.3 Å². The van der Waals surface area contributed by atoms with Crippen molar-refractivity contribution in [2.45, 2.75) is 6.92 Å². The number of esters is 1. The Morgan fingerprint density at radius 3 is 2.85 bits per heavy atom. The van der Waals surface area contributed by atoms with Crippen molar-refractivity contribution in [1.29, 1.82) is 0 Å². The van der Waals surface area contributed by atoms with Crippen LogP contribution in [0.3, 0.4) is 0 Å². The third kappa shape index (κ3) is 4.52. The average Bonchev–Trinajstić information content (AvgIpc) is 3.04. The Morgan fingerprint density at radius 1 is 1.27 bits per heavy atom. The highest BCUT2D eigenvalue weighted by Crippen LogP contribution is 2.22. The summed E-state index contributed by atoms with van der Waals surface area (Å²) in [5, 5.41) is 3.14. The van der Waals surface area contributed by atoms with Crippen molar-refractivity contribution in [2.75, 3.05) is 11.9 Å². The summed E-state index contributed by atoms with van der Waals surface area (Å²) in [7, 11) is 0. The van der Waals surface area contributed by atoms with Crippen LogP contribution in [0.25, 0.3) is 16.3 Å². The van der Waals surface area contributed by atoms with Crippen LogP contribution in [0.4, 0.5) is 10.1 Å². The first kappa shape index (κ1) is 17.8. The van der Waals surface area contributed by atoms with Crippen LogP contribution in [0.1, 0.15) is 10.6 Å². The van der Waals surface area contributed by atoms with Gasteiger partial charge in [0.15, 0.2) is 6.61 Å². The van der Waals surface area contributed by atoms with Gasteiger partial charge in [0.05, 0.1) is 10.2 Å². The molecule has 3 rings (SSSR count). The van der Waals surface area contributed by atoms with Crippen molar-refractivity contribution < 1.29 is 18.7 Å². The molecule has 0 radical (unpaired) electrons. The fourth-order valence-electron chi connectivity index (χ4n) is 2.15. The van der Waals surface area contributed by atoms with Gasteiger partial charge in [0, 0.05) is 11.8 Å². The lowest BCUT2D eigenvalue weighted by Gasteiger charge is -2.06. The van der Waals surface area contributed by atoms with Gasteiger partial charge in [0.25, 0.3) is 5.91 Å². The normalized spacial score (nSPS) is 11.0. The van der Waals surface area contributed by atoms with E-state index in [-0.39, 0.29) is 0 Å². The van der Waals surface area contributed by atoms with E-state index in [1.165, 1.54) is 23.5 Å². The Bertz CT molecular complexity index is 964. The summed E-state index contributed by atoms with van der Waals surface area (Å²) >= 11 is 1.45. The lowest BCUT2D eigenvalue weighted by atomic mass is 10.2. The van der Waals surface area contributed by atoms with Crippen LogP contribution in [0.2, 0.25) is 0 Å². The smallest absolute Gasteiger partial charge is 0.331 e. The first-order chi connectivity index (χ1) is 12.5. The predicted molar refractivity (Wildman–Crippen MR) is 99.4 cm³/mol. The summed E-state index contributed by atoms with van der Waals surface area (Å²) in [4.78, 5) is 27.8. The molecule has 7 heteroatoms. The lowest BCUT2D eigenvalue weighted by molar-refractivity contribution is -0.142. The monoisotopic (exact) mass is 370 g/mol. The summed E-state index contributed by atoms with van der Waals surface area (Å²) in [6, 6.07) is 12.0. The minimum absolute atomic E-state index is 0.305. The number of para-hydroxylation sites is 1. The van der Waals surface area contributed by atoms with Gasteiger partial charge in [-0.25, -0.2) is 14.2 Å². The van der Waals surface area contributed by atoms with Gasteiger partial charge >= 0.3 is 5.97 Å². The fraction of sp³-hybridized carbons (Fsp3) is 0.105. The number of nitrogens with one attached hydrogen (secondary N) is 1. The molecule has 1 N–H and O–H groups in total. The fourth-order valence-corrected chi connectivity index (χ4v) is 3.02. The van der Waals surface area contributed by atoms with Crippen LogP contribution in [0.15, 0.2) is 48.5 Å². The molecule has 26 heavy (non-hydrogen) atoms. The second-order valence-electron chi connectivity index (χ2n) is 5.47. The molecule has 0 fully saturated rings. The highest BCUT2D eigenvalue weighted by atomic mass is 32.1. The van der Waals surface area contributed by atoms with Gasteiger partial charge in [0.2, 0.25) is 0 Å². The molecular formula is C19H15FN2O3S. The Morgan fingerprint density at radius 2 is 2.08 bits per heavy atom. The van der Waals surface area contributed by atoms with Crippen molar-refractivity contribution >= 4 is 45.2 Å². The Balaban J connectivity index is 1.51. The maximum absolute atomic E-state index is 13.4. The third-order valence-electron chi connectivity index (χ3n) is 3.47. The van der Waals surface area contributed by atoms with Crippen molar-refractivity contribution in [3.8, 4) is 0 Å². The Kier molecular flexibility index (Phi) is 5.38. The topological polar surface area (TPSA) is 68.3 Å². The zero-order chi connectivity index (χ0) is 18.5. The number of aromatic nitrogens is 1. The Labute approximate surface area is 153 Å². The number of rotatable bonds is 5. The van der Waals surface area contributed by atoms with Gasteiger partial charge in [0.1, 0.15) is 10.8 Å². The van der Waals surface area contributed by atoms with Gasteiger partial charge in [-0.3, -0.25) is 4.79 Å². The molecular weight excluding hydrogens is 355 g/mol. The zero-order valence-electron chi connectivity index (χ0n) is 13.9. The highest BCUT2D eigenvalue weighted by molar-refractivity contribution is 7.19. The number of benzene rings is 2.